The van der Waals surface area contributed by atoms with E-state index in [1.165, 1.54) is 0 Å². The normalized spacial score (nSPS) is 10.7. The Morgan fingerprint density at radius 3 is 2.84 bits per heavy atom. The smallest absolute Gasteiger partial charge is 0.265 e. The Morgan fingerprint density at radius 1 is 1.16 bits per heavy atom. The van der Waals surface area contributed by atoms with Crippen molar-refractivity contribution in [2.45, 2.75) is 6.54 Å². The largest absolute Gasteiger partial charge is 0.364 e. The van der Waals surface area contributed by atoms with E-state index in [0.717, 1.165) is 16.5 Å². The van der Waals surface area contributed by atoms with Gasteiger partial charge in [0.05, 0.1) is 5.52 Å². The van der Waals surface area contributed by atoms with Crippen molar-refractivity contribution in [3.8, 4) is 0 Å². The lowest BCUT2D eigenvalue weighted by Gasteiger charge is -2.09. The van der Waals surface area contributed by atoms with E-state index in [-0.39, 0.29) is 0 Å². The molecule has 1 aromatic carbocycles. The molecule has 0 atom stereocenters. The second-order valence-corrected chi connectivity index (χ2v) is 4.37. The molecule has 2 heterocycles. The van der Waals surface area contributed by atoms with E-state index >= 15 is 0 Å². The molecule has 1 amide bonds. The third-order valence-electron chi connectivity index (χ3n) is 3.16. The highest BCUT2D eigenvalue weighted by atomic mass is 16.1. The first-order valence-electron chi connectivity index (χ1n) is 6.03. The van der Waals surface area contributed by atoms with Crippen LogP contribution >= 0.6 is 0 Å². The molecule has 3 rings (SSSR count). The zero-order chi connectivity index (χ0) is 13.2. The number of nitrogens with two attached hydrogens (primary N) is 1. The molecule has 0 aliphatic heterocycles. The molecule has 0 saturated heterocycles. The van der Waals surface area contributed by atoms with Gasteiger partial charge in [0, 0.05) is 24.3 Å². The minimum atomic E-state index is -0.414. The van der Waals surface area contributed by atoms with Gasteiger partial charge in [-0.3, -0.25) is 9.78 Å². The Morgan fingerprint density at radius 2 is 2.00 bits per heavy atom. The average molecular weight is 251 g/mol. The van der Waals surface area contributed by atoms with Crippen LogP contribution in [0.4, 0.5) is 0 Å². The lowest BCUT2D eigenvalue weighted by atomic mass is 10.1. The molecular formula is C15H13N3O. The SMILES string of the molecule is NC(=O)c1cccn1Cc1ccnc2ccccc12. The van der Waals surface area contributed by atoms with Gasteiger partial charge in [-0.25, -0.2) is 0 Å². The topological polar surface area (TPSA) is 60.9 Å². The van der Waals surface area contributed by atoms with Crippen LogP contribution in [0.15, 0.2) is 54.9 Å². The lowest BCUT2D eigenvalue weighted by molar-refractivity contribution is 0.0992. The van der Waals surface area contributed by atoms with Crippen LogP contribution in [-0.4, -0.2) is 15.5 Å². The minimum absolute atomic E-state index is 0.414. The van der Waals surface area contributed by atoms with E-state index in [9.17, 15) is 4.79 Å². The molecule has 0 fully saturated rings. The zero-order valence-corrected chi connectivity index (χ0v) is 10.3. The summed E-state index contributed by atoms with van der Waals surface area (Å²) in [7, 11) is 0. The number of nitrogens with zero attached hydrogens (tertiary/aromatic N) is 2. The van der Waals surface area contributed by atoms with Crippen molar-refractivity contribution in [2.75, 3.05) is 0 Å². The summed E-state index contributed by atoms with van der Waals surface area (Å²) in [6.07, 6.45) is 3.64. The molecule has 0 radical (unpaired) electrons. The van der Waals surface area contributed by atoms with E-state index in [1.807, 2.05) is 47.2 Å². The highest BCUT2D eigenvalue weighted by Gasteiger charge is 2.08. The van der Waals surface area contributed by atoms with Gasteiger partial charge in [0.2, 0.25) is 0 Å². The summed E-state index contributed by atoms with van der Waals surface area (Å²) in [6.45, 7) is 0.605. The number of hydrogen-bond donors (Lipinski definition) is 1. The zero-order valence-electron chi connectivity index (χ0n) is 10.3. The van der Waals surface area contributed by atoms with Crippen molar-refractivity contribution >= 4 is 16.8 Å². The van der Waals surface area contributed by atoms with Gasteiger partial charge in [-0.05, 0) is 29.8 Å². The Balaban J connectivity index is 2.06. The van der Waals surface area contributed by atoms with Gasteiger partial charge in [0.25, 0.3) is 5.91 Å². The summed E-state index contributed by atoms with van der Waals surface area (Å²) in [6, 6.07) is 13.5. The molecule has 2 N–H and O–H groups in total. The van der Waals surface area contributed by atoms with Gasteiger partial charge in [0.15, 0.2) is 0 Å². The maximum atomic E-state index is 11.3. The standard InChI is InChI=1S/C15H13N3O/c16-15(19)14-6-3-9-18(14)10-11-7-8-17-13-5-2-1-4-12(11)13/h1-9H,10H2,(H2,16,19). The molecule has 0 aliphatic rings. The fraction of sp³-hybridized carbons (Fsp3) is 0.0667. The van der Waals surface area contributed by atoms with E-state index in [2.05, 4.69) is 4.98 Å². The minimum Gasteiger partial charge on any atom is -0.364 e. The fourth-order valence-electron chi connectivity index (χ4n) is 2.25. The van der Waals surface area contributed by atoms with Gasteiger partial charge >= 0.3 is 0 Å². The van der Waals surface area contributed by atoms with Crippen LogP contribution in [-0.2, 0) is 6.54 Å². The van der Waals surface area contributed by atoms with Crippen LogP contribution in [0.2, 0.25) is 0 Å². The summed E-state index contributed by atoms with van der Waals surface area (Å²) < 4.78 is 1.85. The molecule has 19 heavy (non-hydrogen) atoms. The van der Waals surface area contributed by atoms with E-state index in [0.29, 0.717) is 12.2 Å². The fourth-order valence-corrected chi connectivity index (χ4v) is 2.25. The van der Waals surface area contributed by atoms with Crippen molar-refractivity contribution in [1.82, 2.24) is 9.55 Å². The summed E-state index contributed by atoms with van der Waals surface area (Å²) >= 11 is 0. The molecule has 0 bridgehead atoms. The van der Waals surface area contributed by atoms with Crippen molar-refractivity contribution < 1.29 is 4.79 Å². The van der Waals surface area contributed by atoms with Gasteiger partial charge in [0.1, 0.15) is 5.69 Å². The first-order valence-corrected chi connectivity index (χ1v) is 6.03. The molecule has 0 spiro atoms. The Kier molecular flexibility index (Phi) is 2.76. The van der Waals surface area contributed by atoms with Gasteiger partial charge < -0.3 is 10.3 Å². The van der Waals surface area contributed by atoms with Gasteiger partial charge in [-0.2, -0.15) is 0 Å². The quantitative estimate of drug-likeness (QED) is 0.775. The Bertz CT molecular complexity index is 740. The van der Waals surface area contributed by atoms with Crippen molar-refractivity contribution in [2.24, 2.45) is 5.73 Å². The average Bonchev–Trinajstić information content (AvgIpc) is 2.87. The second kappa shape index (κ2) is 4.57. The lowest BCUT2D eigenvalue weighted by Crippen LogP contribution is -2.17. The molecule has 0 saturated carbocycles. The molecule has 0 unspecified atom stereocenters. The van der Waals surface area contributed by atoms with Gasteiger partial charge in [-0.15, -0.1) is 0 Å². The number of hydrogen-bond acceptors (Lipinski definition) is 2. The second-order valence-electron chi connectivity index (χ2n) is 4.37. The van der Waals surface area contributed by atoms with Crippen molar-refractivity contribution in [1.29, 1.82) is 0 Å². The number of para-hydroxylation sites is 1. The maximum Gasteiger partial charge on any atom is 0.265 e. The predicted molar refractivity (Wildman–Crippen MR) is 73.8 cm³/mol. The first kappa shape index (κ1) is 11.5. The molecular weight excluding hydrogens is 238 g/mol. The third-order valence-corrected chi connectivity index (χ3v) is 3.16. The summed E-state index contributed by atoms with van der Waals surface area (Å²) in [5, 5.41) is 1.09. The number of pyridine rings is 1. The summed E-state index contributed by atoms with van der Waals surface area (Å²) in [5.41, 5.74) is 7.93. The Hall–Kier alpha value is -2.62. The molecule has 4 heteroatoms. The molecule has 3 aromatic rings. The van der Waals surface area contributed by atoms with Gasteiger partial charge in [-0.1, -0.05) is 18.2 Å². The summed E-state index contributed by atoms with van der Waals surface area (Å²) in [5.74, 6) is -0.414. The van der Waals surface area contributed by atoms with Crippen LogP contribution in [0.25, 0.3) is 10.9 Å². The van der Waals surface area contributed by atoms with Crippen LogP contribution in [0.3, 0.4) is 0 Å². The van der Waals surface area contributed by atoms with E-state index in [4.69, 9.17) is 5.73 Å². The number of rotatable bonds is 3. The van der Waals surface area contributed by atoms with E-state index in [1.54, 1.807) is 12.3 Å². The Labute approximate surface area is 110 Å². The van der Waals surface area contributed by atoms with Crippen molar-refractivity contribution in [3.05, 3.63) is 66.1 Å². The van der Waals surface area contributed by atoms with Crippen LogP contribution in [0, 0.1) is 0 Å². The predicted octanol–water partition coefficient (Wildman–Crippen LogP) is 2.18. The van der Waals surface area contributed by atoms with Crippen LogP contribution in [0.1, 0.15) is 16.1 Å². The molecule has 0 aliphatic carbocycles. The number of carbonyl (C=O) groups excluding carboxylic acids is 1. The first-order chi connectivity index (χ1) is 9.25. The van der Waals surface area contributed by atoms with E-state index < -0.39 is 5.91 Å². The van der Waals surface area contributed by atoms with Crippen LogP contribution < -0.4 is 5.73 Å². The number of amides is 1. The third kappa shape index (κ3) is 2.08. The number of fused-ring (bicyclic) bond motifs is 1. The number of aromatic nitrogens is 2. The highest BCUT2D eigenvalue weighted by molar-refractivity contribution is 5.91. The maximum absolute atomic E-state index is 11.3. The molecule has 94 valence electrons. The monoisotopic (exact) mass is 251 g/mol. The number of carbonyl (C=O) groups is 1. The highest BCUT2D eigenvalue weighted by Crippen LogP contribution is 2.18. The molecule has 2 aromatic heterocycles. The summed E-state index contributed by atoms with van der Waals surface area (Å²) in [4.78, 5) is 15.7. The molecule has 4 nitrogen and oxygen atoms in total. The number of primary amides is 1. The number of benzene rings is 1. The van der Waals surface area contributed by atoms with Crippen molar-refractivity contribution in [3.63, 3.8) is 0 Å². The van der Waals surface area contributed by atoms with Crippen LogP contribution in [0.5, 0.6) is 0 Å².